The summed E-state index contributed by atoms with van der Waals surface area (Å²) in [5, 5.41) is 5.77. The molecule has 0 saturated heterocycles. The van der Waals surface area contributed by atoms with Crippen LogP contribution in [0.5, 0.6) is 0 Å². The topological polar surface area (TPSA) is 84.2 Å². The molecule has 2 aromatic rings. The Balaban J connectivity index is 2.11. The summed E-state index contributed by atoms with van der Waals surface area (Å²) in [4.78, 5) is 24.8. The summed E-state index contributed by atoms with van der Waals surface area (Å²) in [5.74, 6) is -0.402. The van der Waals surface area contributed by atoms with E-state index in [2.05, 4.69) is 10.6 Å². The zero-order chi connectivity index (χ0) is 19.2. The van der Waals surface area contributed by atoms with Gasteiger partial charge in [0, 0.05) is 28.9 Å². The first-order valence-corrected chi connectivity index (χ1v) is 8.92. The molecule has 0 radical (unpaired) electrons. The number of carbonyl (C=O) groups is 2. The van der Waals surface area contributed by atoms with Crippen molar-refractivity contribution < 1.29 is 9.59 Å². The van der Waals surface area contributed by atoms with Crippen molar-refractivity contribution in [2.75, 3.05) is 11.9 Å². The van der Waals surface area contributed by atoms with E-state index in [1.807, 2.05) is 45.0 Å². The van der Waals surface area contributed by atoms with Gasteiger partial charge in [-0.05, 0) is 49.6 Å². The van der Waals surface area contributed by atoms with E-state index in [-0.39, 0.29) is 11.8 Å². The van der Waals surface area contributed by atoms with Crippen molar-refractivity contribution in [2.45, 2.75) is 39.2 Å². The maximum Gasteiger partial charge on any atom is 0.255 e. The fourth-order valence-corrected chi connectivity index (χ4v) is 2.54. The number of hydrogen-bond acceptors (Lipinski definition) is 3. The van der Waals surface area contributed by atoms with Gasteiger partial charge in [0.2, 0.25) is 0 Å². The molecule has 0 spiro atoms. The van der Waals surface area contributed by atoms with Crippen LogP contribution in [0.25, 0.3) is 0 Å². The average Bonchev–Trinajstić information content (AvgIpc) is 2.68. The Kier molecular flexibility index (Phi) is 6.52. The molecule has 0 aromatic heterocycles. The summed E-state index contributed by atoms with van der Waals surface area (Å²) in [6.45, 7) is 6.33. The van der Waals surface area contributed by atoms with Crippen molar-refractivity contribution in [3.8, 4) is 0 Å². The van der Waals surface area contributed by atoms with Gasteiger partial charge in [-0.15, -0.1) is 0 Å². The fraction of sp³-hybridized carbons (Fsp3) is 0.333. The quantitative estimate of drug-likeness (QED) is 0.712. The molecular formula is C21H27N3O2. The van der Waals surface area contributed by atoms with Crippen LogP contribution in [0.15, 0.2) is 48.5 Å². The van der Waals surface area contributed by atoms with Crippen molar-refractivity contribution in [2.24, 2.45) is 5.73 Å². The number of rotatable bonds is 7. The predicted molar refractivity (Wildman–Crippen MR) is 105 cm³/mol. The minimum Gasteiger partial charge on any atom is -0.350 e. The minimum absolute atomic E-state index is 0.197. The number of nitrogens with two attached hydrogens (primary N) is 1. The van der Waals surface area contributed by atoms with Crippen molar-refractivity contribution in [3.05, 3.63) is 65.2 Å². The first kappa shape index (κ1) is 19.7. The molecule has 0 saturated carbocycles. The summed E-state index contributed by atoms with van der Waals surface area (Å²) >= 11 is 0. The molecule has 0 aliphatic rings. The third-order valence-electron chi connectivity index (χ3n) is 4.79. The van der Waals surface area contributed by atoms with E-state index >= 15 is 0 Å². The molecular weight excluding hydrogens is 326 g/mol. The van der Waals surface area contributed by atoms with Crippen molar-refractivity contribution in [1.82, 2.24) is 5.32 Å². The van der Waals surface area contributed by atoms with Crippen LogP contribution in [-0.2, 0) is 0 Å². The van der Waals surface area contributed by atoms with E-state index in [1.165, 1.54) is 0 Å². The molecule has 0 fully saturated rings. The van der Waals surface area contributed by atoms with Gasteiger partial charge in [-0.25, -0.2) is 0 Å². The number of hydrogen-bond donors (Lipinski definition) is 3. The average molecular weight is 353 g/mol. The second-order valence-electron chi connectivity index (χ2n) is 6.60. The highest BCUT2D eigenvalue weighted by atomic mass is 16.2. The van der Waals surface area contributed by atoms with Gasteiger partial charge in [0.25, 0.3) is 11.8 Å². The van der Waals surface area contributed by atoms with Crippen LogP contribution >= 0.6 is 0 Å². The lowest BCUT2D eigenvalue weighted by Crippen LogP contribution is -2.49. The van der Waals surface area contributed by atoms with Gasteiger partial charge < -0.3 is 16.4 Å². The normalized spacial score (nSPS) is 11.1. The summed E-state index contributed by atoms with van der Waals surface area (Å²) in [6.07, 6.45) is 1.58. The molecule has 4 N–H and O–H groups in total. The van der Waals surface area contributed by atoms with Gasteiger partial charge in [-0.2, -0.15) is 0 Å². The zero-order valence-corrected chi connectivity index (χ0v) is 15.6. The van der Waals surface area contributed by atoms with Gasteiger partial charge >= 0.3 is 0 Å². The van der Waals surface area contributed by atoms with Crippen LogP contribution < -0.4 is 16.4 Å². The van der Waals surface area contributed by atoms with E-state index < -0.39 is 5.54 Å². The van der Waals surface area contributed by atoms with Crippen LogP contribution in [0.1, 0.15) is 53.0 Å². The number of benzene rings is 2. The highest BCUT2D eigenvalue weighted by Gasteiger charge is 2.21. The number of anilines is 1. The van der Waals surface area contributed by atoms with Gasteiger partial charge in [0.05, 0.1) is 0 Å². The monoisotopic (exact) mass is 353 g/mol. The number of nitrogens with one attached hydrogen (secondary N) is 2. The molecule has 138 valence electrons. The smallest absolute Gasteiger partial charge is 0.255 e. The van der Waals surface area contributed by atoms with Crippen molar-refractivity contribution >= 4 is 17.5 Å². The lowest BCUT2D eigenvalue weighted by Gasteiger charge is -2.26. The highest BCUT2D eigenvalue weighted by Crippen LogP contribution is 2.18. The Morgan fingerprint density at radius 2 is 1.62 bits per heavy atom. The largest absolute Gasteiger partial charge is 0.350 e. The molecule has 2 aromatic carbocycles. The molecule has 0 atom stereocenters. The standard InChI is InChI=1S/C21H27N3O2/c1-4-21(22,5-2)14-23-19(25)17-12-11-15(3)18(13-17)24-20(26)16-9-7-6-8-10-16/h6-13H,4-5,14,22H2,1-3H3,(H,23,25)(H,24,26). The van der Waals surface area contributed by atoms with E-state index in [9.17, 15) is 9.59 Å². The number of carbonyl (C=O) groups excluding carboxylic acids is 2. The molecule has 2 amide bonds. The third kappa shape index (κ3) is 4.92. The first-order valence-electron chi connectivity index (χ1n) is 8.92. The van der Waals surface area contributed by atoms with E-state index in [0.29, 0.717) is 23.4 Å². The van der Waals surface area contributed by atoms with Crippen LogP contribution in [-0.4, -0.2) is 23.9 Å². The SMILES string of the molecule is CCC(N)(CC)CNC(=O)c1ccc(C)c(NC(=O)c2ccccc2)c1. The summed E-state index contributed by atoms with van der Waals surface area (Å²) < 4.78 is 0. The van der Waals surface area contributed by atoms with Crippen LogP contribution in [0.2, 0.25) is 0 Å². The second-order valence-corrected chi connectivity index (χ2v) is 6.60. The van der Waals surface area contributed by atoms with Gasteiger partial charge in [0.15, 0.2) is 0 Å². The molecule has 0 bridgehead atoms. The maximum atomic E-state index is 12.5. The van der Waals surface area contributed by atoms with Crippen LogP contribution in [0.4, 0.5) is 5.69 Å². The first-order chi connectivity index (χ1) is 12.4. The van der Waals surface area contributed by atoms with Crippen LogP contribution in [0.3, 0.4) is 0 Å². The Morgan fingerprint density at radius 1 is 0.962 bits per heavy atom. The molecule has 5 heteroatoms. The highest BCUT2D eigenvalue weighted by molar-refractivity contribution is 6.05. The summed E-state index contributed by atoms with van der Waals surface area (Å²) in [5.41, 5.74) is 8.41. The minimum atomic E-state index is -0.398. The Bertz CT molecular complexity index is 768. The maximum absolute atomic E-state index is 12.5. The van der Waals surface area contributed by atoms with Crippen molar-refractivity contribution in [3.63, 3.8) is 0 Å². The Morgan fingerprint density at radius 3 is 2.23 bits per heavy atom. The van der Waals surface area contributed by atoms with E-state index in [4.69, 9.17) is 5.73 Å². The van der Waals surface area contributed by atoms with Crippen LogP contribution in [0, 0.1) is 6.92 Å². The molecule has 5 nitrogen and oxygen atoms in total. The molecule has 0 aliphatic heterocycles. The van der Waals surface area contributed by atoms with Gasteiger partial charge in [-0.1, -0.05) is 38.1 Å². The third-order valence-corrected chi connectivity index (χ3v) is 4.79. The molecule has 0 aliphatic carbocycles. The van der Waals surface area contributed by atoms with E-state index in [1.54, 1.807) is 24.3 Å². The number of amides is 2. The summed E-state index contributed by atoms with van der Waals surface area (Å²) in [6, 6.07) is 14.2. The van der Waals surface area contributed by atoms with E-state index in [0.717, 1.165) is 18.4 Å². The van der Waals surface area contributed by atoms with Gasteiger partial charge in [0.1, 0.15) is 0 Å². The molecule has 2 rings (SSSR count). The Labute approximate surface area is 155 Å². The predicted octanol–water partition coefficient (Wildman–Crippen LogP) is 3.49. The lowest BCUT2D eigenvalue weighted by molar-refractivity contribution is 0.0941. The second kappa shape index (κ2) is 8.63. The molecule has 26 heavy (non-hydrogen) atoms. The zero-order valence-electron chi connectivity index (χ0n) is 15.6. The number of aryl methyl sites for hydroxylation is 1. The fourth-order valence-electron chi connectivity index (χ4n) is 2.54. The lowest BCUT2D eigenvalue weighted by atomic mass is 9.94. The molecule has 0 unspecified atom stereocenters. The molecule has 0 heterocycles. The Hall–Kier alpha value is -2.66. The van der Waals surface area contributed by atoms with Crippen molar-refractivity contribution in [1.29, 1.82) is 0 Å². The van der Waals surface area contributed by atoms with Gasteiger partial charge in [-0.3, -0.25) is 9.59 Å². The summed E-state index contributed by atoms with van der Waals surface area (Å²) in [7, 11) is 0.